The van der Waals surface area contributed by atoms with Crippen LogP contribution < -0.4 is 0 Å². The Labute approximate surface area is 306 Å². The summed E-state index contributed by atoms with van der Waals surface area (Å²) in [5.74, 6) is -0.709. The van der Waals surface area contributed by atoms with Crippen LogP contribution in [0, 0.1) is 11.8 Å². The first kappa shape index (κ1) is 36.4. The molecule has 10 heterocycles. The molecular formula is C40H58O12. The second kappa shape index (κ2) is 14.3. The van der Waals surface area contributed by atoms with Gasteiger partial charge in [-0.25, -0.2) is 0 Å². The molecule has 290 valence electrons. The van der Waals surface area contributed by atoms with Gasteiger partial charge in [-0.1, -0.05) is 20.1 Å². The molecule has 10 saturated heterocycles. The van der Waals surface area contributed by atoms with Crippen molar-refractivity contribution in [1.29, 1.82) is 0 Å². The molecule has 52 heavy (non-hydrogen) atoms. The predicted octanol–water partition coefficient (Wildman–Crippen LogP) is 3.47. The molecule has 0 aromatic carbocycles. The molecule has 12 bridgehead atoms. The smallest absolute Gasteiger partial charge is 0.172 e. The third-order valence-corrected chi connectivity index (χ3v) is 13.9. The third-order valence-electron chi connectivity index (χ3n) is 13.9. The Morgan fingerprint density at radius 3 is 2.37 bits per heavy atom. The highest BCUT2D eigenvalue weighted by Crippen LogP contribution is 2.54. The monoisotopic (exact) mass is 730 g/mol. The fraction of sp³-hybridized carbons (Fsp3) is 0.875. The van der Waals surface area contributed by atoms with Gasteiger partial charge < -0.3 is 52.8 Å². The maximum Gasteiger partial charge on any atom is 0.172 e. The zero-order chi connectivity index (χ0) is 35.9. The molecule has 2 unspecified atom stereocenters. The van der Waals surface area contributed by atoms with Crippen molar-refractivity contribution in [2.24, 2.45) is 11.8 Å². The van der Waals surface area contributed by atoms with Gasteiger partial charge in [0.25, 0.3) is 0 Å². The summed E-state index contributed by atoms with van der Waals surface area (Å²) in [7, 11) is 1.63. The minimum absolute atomic E-state index is 0.0260. The topological polar surface area (TPSA) is 141 Å². The van der Waals surface area contributed by atoms with E-state index in [9.17, 15) is 15.0 Å². The van der Waals surface area contributed by atoms with Gasteiger partial charge in [0, 0.05) is 51.6 Å². The third kappa shape index (κ3) is 6.59. The zero-order valence-corrected chi connectivity index (χ0v) is 30.7. The Morgan fingerprint density at radius 2 is 1.54 bits per heavy atom. The predicted molar refractivity (Wildman–Crippen MR) is 184 cm³/mol. The van der Waals surface area contributed by atoms with Gasteiger partial charge in [0.15, 0.2) is 5.79 Å². The minimum Gasteiger partial charge on any atom is -0.394 e. The summed E-state index contributed by atoms with van der Waals surface area (Å²) in [5, 5.41) is 20.1. The van der Waals surface area contributed by atoms with Crippen LogP contribution >= 0.6 is 0 Å². The summed E-state index contributed by atoms with van der Waals surface area (Å²) in [5.41, 5.74) is 2.17. The van der Waals surface area contributed by atoms with Crippen LogP contribution in [0.3, 0.4) is 0 Å². The highest BCUT2D eigenvalue weighted by atomic mass is 16.8. The van der Waals surface area contributed by atoms with Gasteiger partial charge in [0.1, 0.15) is 36.3 Å². The van der Waals surface area contributed by atoms with E-state index in [0.29, 0.717) is 25.7 Å². The Balaban J connectivity index is 0.994. The maximum absolute atomic E-state index is 14.0. The Hall–Kier alpha value is -1.29. The van der Waals surface area contributed by atoms with Crippen molar-refractivity contribution in [3.05, 3.63) is 24.3 Å². The summed E-state index contributed by atoms with van der Waals surface area (Å²) < 4.78 is 59.8. The molecule has 2 N–H and O–H groups in total. The molecule has 10 fully saturated rings. The summed E-state index contributed by atoms with van der Waals surface area (Å²) in [6.45, 7) is 10.7. The van der Waals surface area contributed by atoms with Gasteiger partial charge in [-0.3, -0.25) is 4.79 Å². The average Bonchev–Trinajstić information content (AvgIpc) is 3.79. The number of aliphatic hydroxyl groups excluding tert-OH is 2. The van der Waals surface area contributed by atoms with E-state index < -0.39 is 24.1 Å². The fourth-order valence-electron chi connectivity index (χ4n) is 11.3. The molecule has 0 aliphatic carbocycles. The molecule has 10 aliphatic rings. The molecule has 10 rings (SSSR count). The Morgan fingerprint density at radius 1 is 0.788 bits per heavy atom. The van der Waals surface area contributed by atoms with Crippen LogP contribution in [0.2, 0.25) is 0 Å². The number of ketones is 1. The number of carbonyl (C=O) groups is 1. The number of aliphatic hydroxyl groups is 2. The van der Waals surface area contributed by atoms with Crippen LogP contribution in [0.1, 0.15) is 90.4 Å². The van der Waals surface area contributed by atoms with E-state index >= 15 is 0 Å². The number of hydrogen-bond donors (Lipinski definition) is 2. The van der Waals surface area contributed by atoms with Gasteiger partial charge in [0.2, 0.25) is 0 Å². The zero-order valence-electron chi connectivity index (χ0n) is 30.7. The minimum atomic E-state index is -0.951. The first-order chi connectivity index (χ1) is 25.1. The lowest BCUT2D eigenvalue weighted by Gasteiger charge is -2.47. The van der Waals surface area contributed by atoms with E-state index in [2.05, 4.69) is 20.1 Å². The highest BCUT2D eigenvalue weighted by Gasteiger charge is 2.68. The first-order valence-electron chi connectivity index (χ1n) is 20.1. The van der Waals surface area contributed by atoms with Crippen molar-refractivity contribution in [2.75, 3.05) is 13.7 Å². The lowest BCUT2D eigenvalue weighted by atomic mass is 9.81. The van der Waals surface area contributed by atoms with Gasteiger partial charge in [0.05, 0.1) is 73.8 Å². The molecule has 0 amide bonds. The normalized spacial score (nSPS) is 52.4. The maximum atomic E-state index is 14.0. The summed E-state index contributed by atoms with van der Waals surface area (Å²) in [6, 6.07) is 0. The largest absolute Gasteiger partial charge is 0.394 e. The summed E-state index contributed by atoms with van der Waals surface area (Å²) in [4.78, 5) is 14.0. The number of Topliss-reactive ketones (excluding diaryl/α,β-unsaturated/α-hetero) is 1. The van der Waals surface area contributed by atoms with Crippen molar-refractivity contribution in [2.45, 2.75) is 194 Å². The lowest BCUT2D eigenvalue weighted by molar-refractivity contribution is -0.292. The molecule has 12 nitrogen and oxygen atoms in total. The Kier molecular flexibility index (Phi) is 10.0. The molecule has 0 aromatic heterocycles. The lowest BCUT2D eigenvalue weighted by Crippen LogP contribution is -2.61. The molecular weight excluding hydrogens is 672 g/mol. The van der Waals surface area contributed by atoms with E-state index in [1.165, 1.54) is 0 Å². The van der Waals surface area contributed by atoms with E-state index in [4.69, 9.17) is 42.6 Å². The van der Waals surface area contributed by atoms with E-state index in [1.54, 1.807) is 7.11 Å². The van der Waals surface area contributed by atoms with Crippen LogP contribution in [-0.4, -0.2) is 133 Å². The number of carbonyl (C=O) groups excluding carboxylic acids is 1. The van der Waals surface area contributed by atoms with Crippen LogP contribution in [0.5, 0.6) is 0 Å². The molecule has 19 atom stereocenters. The molecule has 1 spiro atoms. The summed E-state index contributed by atoms with van der Waals surface area (Å²) in [6.07, 6.45) is 4.01. The van der Waals surface area contributed by atoms with Gasteiger partial charge in [-0.15, -0.1) is 0 Å². The van der Waals surface area contributed by atoms with Crippen LogP contribution in [0.15, 0.2) is 24.3 Å². The molecule has 0 aromatic rings. The standard InChI is InChI=1S/C40H58O12/c1-19-11-24-5-7-28-20(2)12-26(45-28)9-10-40-17-33-36(51-40)37-38(50-33)39(52-40)35-29(49-37)8-6-25(47-35)13-22(42)14-27-31(16-30(46-24)21(19)3)48-32(34(27)44-4)15-23(43)18-41/h19,23-39,41,43H,2-3,5-18H2,1,4H3/t19-,23+,24+,25+,26+,27+,28?,29+,30-,31+,32-,33+,34-,35+,36-,37+,38-,39+,40?/m1/s1. The molecule has 0 saturated carbocycles. The van der Waals surface area contributed by atoms with Crippen molar-refractivity contribution < 1.29 is 57.6 Å². The van der Waals surface area contributed by atoms with Crippen LogP contribution in [0.4, 0.5) is 0 Å². The van der Waals surface area contributed by atoms with E-state index in [-0.39, 0.29) is 123 Å². The number of ether oxygens (including phenoxy) is 9. The first-order valence-corrected chi connectivity index (χ1v) is 20.1. The van der Waals surface area contributed by atoms with Gasteiger partial charge in [-0.05, 0) is 62.0 Å². The molecule has 0 radical (unpaired) electrons. The highest BCUT2D eigenvalue weighted by molar-refractivity contribution is 5.79. The van der Waals surface area contributed by atoms with Gasteiger partial charge >= 0.3 is 0 Å². The van der Waals surface area contributed by atoms with Crippen molar-refractivity contribution in [3.8, 4) is 0 Å². The van der Waals surface area contributed by atoms with E-state index in [0.717, 1.165) is 49.7 Å². The second-order valence-electron chi connectivity index (χ2n) is 17.4. The van der Waals surface area contributed by atoms with Crippen LogP contribution in [-0.2, 0) is 47.4 Å². The second-order valence-corrected chi connectivity index (χ2v) is 17.4. The molecule has 10 aliphatic heterocycles. The number of fused-ring (bicyclic) bond motifs is 6. The van der Waals surface area contributed by atoms with Gasteiger partial charge in [-0.2, -0.15) is 0 Å². The quantitative estimate of drug-likeness (QED) is 0.410. The molecule has 12 heteroatoms. The van der Waals surface area contributed by atoms with Crippen molar-refractivity contribution in [3.63, 3.8) is 0 Å². The summed E-state index contributed by atoms with van der Waals surface area (Å²) >= 11 is 0. The van der Waals surface area contributed by atoms with E-state index in [1.807, 2.05) is 0 Å². The fourth-order valence-corrected chi connectivity index (χ4v) is 11.3. The number of methoxy groups -OCH3 is 1. The van der Waals surface area contributed by atoms with Crippen LogP contribution in [0.25, 0.3) is 0 Å². The van der Waals surface area contributed by atoms with Crippen molar-refractivity contribution >= 4 is 5.78 Å². The number of rotatable bonds is 4. The SMILES string of the molecule is C=C1C[C@@H]2CCC34C[C@@H]5O[C@H]6[C@@H](O3)[C@H]3O[C@@H](CC[C@@H]3O[C@H]6[C@@H]5O4)CC(=O)C[C@@H]3[C@@H](OC)[C@@H](C[C@H](O)CO)O[C@H]3C[C@H]3O[C@@H](CCC1O2)C[C@@H](C)C3=C. The average molecular weight is 731 g/mol. The number of hydrogen-bond acceptors (Lipinski definition) is 12. The Bertz CT molecular complexity index is 1370. The van der Waals surface area contributed by atoms with Crippen molar-refractivity contribution in [1.82, 2.24) is 0 Å².